The fraction of sp³-hybridized carbons (Fsp3) is 0.273. The molecule has 2 N–H and O–H groups in total. The number of hydrogen-bond acceptors (Lipinski definition) is 5. The van der Waals surface area contributed by atoms with E-state index < -0.39 is 17.3 Å². The van der Waals surface area contributed by atoms with Crippen molar-refractivity contribution >= 4 is 5.97 Å². The van der Waals surface area contributed by atoms with Gasteiger partial charge in [-0.05, 0) is 61.6 Å². The van der Waals surface area contributed by atoms with E-state index in [0.717, 1.165) is 18.4 Å². The smallest absolute Gasteiger partial charge is 0.342 e. The number of benzene rings is 2. The molecule has 0 aliphatic heterocycles. The first-order valence-electron chi connectivity index (χ1n) is 9.41. The van der Waals surface area contributed by atoms with Crippen LogP contribution in [0, 0.1) is 12.7 Å². The maximum absolute atomic E-state index is 13.9. The van der Waals surface area contributed by atoms with Crippen LogP contribution in [0.4, 0.5) is 4.39 Å². The highest BCUT2D eigenvalue weighted by Crippen LogP contribution is 2.30. The molecule has 7 nitrogen and oxygen atoms in total. The lowest BCUT2D eigenvalue weighted by Crippen LogP contribution is -2.08. The van der Waals surface area contributed by atoms with Crippen molar-refractivity contribution in [2.24, 2.45) is 0 Å². The zero-order valence-corrected chi connectivity index (χ0v) is 16.7. The highest BCUT2D eigenvalue weighted by atomic mass is 19.1. The van der Waals surface area contributed by atoms with Crippen molar-refractivity contribution in [1.82, 2.24) is 5.16 Å². The average Bonchev–Trinajstić information content (AvgIpc) is 3.12. The molecule has 0 atom stereocenters. The van der Waals surface area contributed by atoms with Gasteiger partial charge in [0.25, 0.3) is 5.56 Å². The summed E-state index contributed by atoms with van der Waals surface area (Å²) in [5.74, 6) is -1.13. The summed E-state index contributed by atoms with van der Waals surface area (Å²) in [4.78, 5) is 22.5. The first-order chi connectivity index (χ1) is 14.4. The van der Waals surface area contributed by atoms with Crippen LogP contribution in [0.25, 0.3) is 11.3 Å². The second kappa shape index (κ2) is 9.30. The number of methoxy groups -OCH3 is 1. The standard InChI is InChI=1S/C22H22FNO6/c1-13-9-16(23)21(22(26)27)19(10-13)29-8-4-3-5-14-6-7-15(17(11-14)28-2)18-12-20(25)24-30-18/h6-7,9-12H,3-5,8H2,1-2H3,(H,24,25)(H,26,27). The van der Waals surface area contributed by atoms with E-state index in [1.165, 1.54) is 18.2 Å². The van der Waals surface area contributed by atoms with Crippen LogP contribution >= 0.6 is 0 Å². The second-order valence-corrected chi connectivity index (χ2v) is 6.84. The Balaban J connectivity index is 1.58. The second-order valence-electron chi connectivity index (χ2n) is 6.84. The molecule has 0 amide bonds. The predicted octanol–water partition coefficient (Wildman–Crippen LogP) is 4.19. The lowest BCUT2D eigenvalue weighted by Gasteiger charge is -2.11. The number of rotatable bonds is 9. The van der Waals surface area contributed by atoms with Crippen LogP contribution in [-0.4, -0.2) is 29.9 Å². The van der Waals surface area contributed by atoms with Gasteiger partial charge in [-0.25, -0.2) is 9.18 Å². The number of hydrogen-bond donors (Lipinski definition) is 2. The minimum atomic E-state index is -1.35. The zero-order chi connectivity index (χ0) is 21.7. The number of carboxylic acids is 1. The Kier molecular flexibility index (Phi) is 6.56. The summed E-state index contributed by atoms with van der Waals surface area (Å²) in [5.41, 5.74) is 1.53. The van der Waals surface area contributed by atoms with Gasteiger partial charge in [-0.1, -0.05) is 6.07 Å². The molecule has 1 aromatic heterocycles. The van der Waals surface area contributed by atoms with Gasteiger partial charge >= 0.3 is 5.97 Å². The van der Waals surface area contributed by atoms with Crippen molar-refractivity contribution in [3.63, 3.8) is 0 Å². The minimum Gasteiger partial charge on any atom is -0.496 e. The summed E-state index contributed by atoms with van der Waals surface area (Å²) in [6.07, 6.45) is 2.18. The maximum atomic E-state index is 13.9. The number of nitrogens with one attached hydrogen (secondary N) is 1. The van der Waals surface area contributed by atoms with E-state index in [9.17, 15) is 19.1 Å². The fourth-order valence-corrected chi connectivity index (χ4v) is 3.16. The van der Waals surface area contributed by atoms with E-state index in [0.29, 0.717) is 29.1 Å². The van der Waals surface area contributed by atoms with Crippen LogP contribution in [0.5, 0.6) is 11.5 Å². The largest absolute Gasteiger partial charge is 0.496 e. The lowest BCUT2D eigenvalue weighted by atomic mass is 10.0. The first kappa shape index (κ1) is 21.2. The number of ether oxygens (including phenoxy) is 2. The molecule has 0 aliphatic rings. The molecule has 0 aliphatic carbocycles. The van der Waals surface area contributed by atoms with Crippen molar-refractivity contribution in [3.05, 3.63) is 69.3 Å². The van der Waals surface area contributed by atoms with Crippen LogP contribution in [0.2, 0.25) is 0 Å². The number of halogens is 1. The van der Waals surface area contributed by atoms with E-state index in [1.807, 2.05) is 18.2 Å². The Morgan fingerprint density at radius 2 is 1.97 bits per heavy atom. The van der Waals surface area contributed by atoms with Crippen LogP contribution in [0.15, 0.2) is 45.7 Å². The quantitative estimate of drug-likeness (QED) is 0.508. The van der Waals surface area contributed by atoms with Crippen molar-refractivity contribution in [2.45, 2.75) is 26.2 Å². The Hall–Kier alpha value is -3.55. The third-order valence-corrected chi connectivity index (χ3v) is 4.58. The summed E-state index contributed by atoms with van der Waals surface area (Å²) < 4.78 is 29.9. The molecular weight excluding hydrogens is 393 g/mol. The monoisotopic (exact) mass is 415 g/mol. The molecule has 8 heteroatoms. The summed E-state index contributed by atoms with van der Waals surface area (Å²) in [6, 6.07) is 9.67. The van der Waals surface area contributed by atoms with E-state index in [-0.39, 0.29) is 17.9 Å². The van der Waals surface area contributed by atoms with E-state index in [1.54, 1.807) is 14.0 Å². The number of aromatic amines is 1. The summed E-state index contributed by atoms with van der Waals surface area (Å²) >= 11 is 0. The maximum Gasteiger partial charge on any atom is 0.342 e. The molecule has 0 saturated heterocycles. The molecule has 0 fully saturated rings. The number of unbranched alkanes of at least 4 members (excludes halogenated alkanes) is 1. The van der Waals surface area contributed by atoms with Gasteiger partial charge in [0.2, 0.25) is 0 Å². The predicted molar refractivity (Wildman–Crippen MR) is 108 cm³/mol. The van der Waals surface area contributed by atoms with Crippen LogP contribution in [0.1, 0.15) is 34.3 Å². The molecule has 0 unspecified atom stereocenters. The molecule has 0 spiro atoms. The molecule has 1 heterocycles. The fourth-order valence-electron chi connectivity index (χ4n) is 3.16. The van der Waals surface area contributed by atoms with E-state index in [4.69, 9.17) is 14.0 Å². The molecule has 0 saturated carbocycles. The number of aryl methyl sites for hydroxylation is 2. The minimum absolute atomic E-state index is 0.0408. The van der Waals surface area contributed by atoms with Gasteiger partial charge in [-0.15, -0.1) is 0 Å². The number of aromatic nitrogens is 1. The topological polar surface area (TPSA) is 102 Å². The SMILES string of the molecule is COc1cc(CCCCOc2cc(C)cc(F)c2C(=O)O)ccc1-c1cc(=O)[nH]o1. The lowest BCUT2D eigenvalue weighted by molar-refractivity contribution is 0.0686. The number of H-pyrrole nitrogens is 1. The van der Waals surface area contributed by atoms with Gasteiger partial charge in [0, 0.05) is 0 Å². The van der Waals surface area contributed by atoms with Gasteiger partial charge < -0.3 is 19.1 Å². The third kappa shape index (κ3) is 4.89. The molecular formula is C22H22FNO6. The summed E-state index contributed by atoms with van der Waals surface area (Å²) in [5, 5.41) is 11.4. The Labute approximate surface area is 172 Å². The molecule has 2 aromatic carbocycles. The molecule has 30 heavy (non-hydrogen) atoms. The third-order valence-electron chi connectivity index (χ3n) is 4.58. The highest BCUT2D eigenvalue weighted by molar-refractivity contribution is 5.91. The van der Waals surface area contributed by atoms with Crippen molar-refractivity contribution in [3.8, 4) is 22.8 Å². The number of carboxylic acid groups (broad SMARTS) is 1. The Morgan fingerprint density at radius 1 is 1.17 bits per heavy atom. The van der Waals surface area contributed by atoms with Crippen molar-refractivity contribution in [1.29, 1.82) is 0 Å². The van der Waals surface area contributed by atoms with Gasteiger partial charge in [0.15, 0.2) is 5.76 Å². The molecule has 158 valence electrons. The van der Waals surface area contributed by atoms with Gasteiger partial charge in [-0.2, -0.15) is 5.16 Å². The van der Waals surface area contributed by atoms with Gasteiger partial charge in [0.1, 0.15) is 22.9 Å². The number of carbonyl (C=O) groups is 1. The summed E-state index contributed by atoms with van der Waals surface area (Å²) in [6.45, 7) is 1.95. The Morgan fingerprint density at radius 3 is 2.63 bits per heavy atom. The van der Waals surface area contributed by atoms with Crippen molar-refractivity contribution in [2.75, 3.05) is 13.7 Å². The van der Waals surface area contributed by atoms with E-state index in [2.05, 4.69) is 5.16 Å². The van der Waals surface area contributed by atoms with Crippen LogP contribution in [0.3, 0.4) is 0 Å². The zero-order valence-electron chi connectivity index (χ0n) is 16.7. The molecule has 0 bridgehead atoms. The Bertz CT molecular complexity index is 1100. The van der Waals surface area contributed by atoms with Gasteiger partial charge in [0.05, 0.1) is 25.3 Å². The molecule has 0 radical (unpaired) electrons. The normalized spacial score (nSPS) is 10.8. The average molecular weight is 415 g/mol. The first-order valence-corrected chi connectivity index (χ1v) is 9.41. The molecule has 3 rings (SSSR count). The number of aromatic carboxylic acids is 1. The molecule has 3 aromatic rings. The van der Waals surface area contributed by atoms with Crippen LogP contribution < -0.4 is 15.0 Å². The van der Waals surface area contributed by atoms with Crippen molar-refractivity contribution < 1.29 is 28.3 Å². The summed E-state index contributed by atoms with van der Waals surface area (Å²) in [7, 11) is 1.54. The van der Waals surface area contributed by atoms with Crippen LogP contribution in [-0.2, 0) is 6.42 Å². The van der Waals surface area contributed by atoms with E-state index >= 15 is 0 Å². The van der Waals surface area contributed by atoms with Gasteiger partial charge in [-0.3, -0.25) is 4.79 Å². The highest BCUT2D eigenvalue weighted by Gasteiger charge is 2.18.